The van der Waals surface area contributed by atoms with Crippen LogP contribution in [0.2, 0.25) is 0 Å². The highest BCUT2D eigenvalue weighted by molar-refractivity contribution is 7.99. The summed E-state index contributed by atoms with van der Waals surface area (Å²) in [5, 5.41) is 11.5. The second-order valence-electron chi connectivity index (χ2n) is 5.41. The number of benzene rings is 2. The maximum absolute atomic E-state index is 12.3. The normalized spacial score (nSPS) is 10.3. The first kappa shape index (κ1) is 19.8. The summed E-state index contributed by atoms with van der Waals surface area (Å²) in [5.74, 6) is 0.243. The fraction of sp³-hybridized carbons (Fsp3) is 0.263. The lowest BCUT2D eigenvalue weighted by Gasteiger charge is -2.09. The van der Waals surface area contributed by atoms with Gasteiger partial charge in [0.15, 0.2) is 0 Å². The second kappa shape index (κ2) is 10.5. The third-order valence-corrected chi connectivity index (χ3v) is 4.34. The van der Waals surface area contributed by atoms with Gasteiger partial charge in [0.1, 0.15) is 12.4 Å². The van der Waals surface area contributed by atoms with E-state index in [1.54, 1.807) is 37.4 Å². The van der Waals surface area contributed by atoms with Gasteiger partial charge in [0.2, 0.25) is 0 Å². The number of methoxy groups -OCH3 is 1. The minimum absolute atomic E-state index is 0.0510. The molecule has 0 saturated heterocycles. The number of carbonyl (C=O) groups excluding carboxylic acids is 1. The molecule has 0 saturated carbocycles. The molecule has 0 bridgehead atoms. The molecule has 0 radical (unpaired) electrons. The summed E-state index contributed by atoms with van der Waals surface area (Å²) in [6.07, 6.45) is 0. The van der Waals surface area contributed by atoms with Crippen molar-refractivity contribution < 1.29 is 24.2 Å². The predicted molar refractivity (Wildman–Crippen MR) is 102 cm³/mol. The van der Waals surface area contributed by atoms with Gasteiger partial charge in [-0.2, -0.15) is 0 Å². The Labute approximate surface area is 156 Å². The Kier molecular flexibility index (Phi) is 7.98. The Morgan fingerprint density at radius 2 is 1.88 bits per heavy atom. The lowest BCUT2D eigenvalue weighted by molar-refractivity contribution is -0.133. The number of hydrogen-bond acceptors (Lipinski definition) is 5. The third-order valence-electron chi connectivity index (χ3n) is 3.35. The molecule has 1 amide bonds. The van der Waals surface area contributed by atoms with Crippen molar-refractivity contribution in [3.05, 3.63) is 59.7 Å². The average Bonchev–Trinajstić information content (AvgIpc) is 2.62. The van der Waals surface area contributed by atoms with Crippen LogP contribution in [0.1, 0.15) is 15.9 Å². The molecule has 0 fully saturated rings. The van der Waals surface area contributed by atoms with Gasteiger partial charge in [-0.1, -0.05) is 12.1 Å². The minimum atomic E-state index is -0.839. The number of anilines is 1. The summed E-state index contributed by atoms with van der Waals surface area (Å²) < 4.78 is 10.4. The number of carboxylic acid groups (broad SMARTS) is 1. The van der Waals surface area contributed by atoms with Gasteiger partial charge >= 0.3 is 5.97 Å². The number of carbonyl (C=O) groups is 2. The van der Waals surface area contributed by atoms with Crippen LogP contribution in [-0.2, 0) is 15.3 Å². The van der Waals surface area contributed by atoms with Crippen LogP contribution >= 0.6 is 11.8 Å². The van der Waals surface area contributed by atoms with Crippen molar-refractivity contribution in [3.8, 4) is 5.75 Å². The number of rotatable bonds is 10. The highest BCUT2D eigenvalue weighted by Crippen LogP contribution is 2.18. The summed E-state index contributed by atoms with van der Waals surface area (Å²) in [5.41, 5.74) is 2.15. The number of carboxylic acids is 1. The van der Waals surface area contributed by atoms with Crippen molar-refractivity contribution in [3.63, 3.8) is 0 Å². The lowest BCUT2D eigenvalue weighted by Crippen LogP contribution is -2.12. The van der Waals surface area contributed by atoms with Gasteiger partial charge in [-0.25, -0.2) is 0 Å². The Morgan fingerprint density at radius 3 is 2.58 bits per heavy atom. The molecule has 0 atom stereocenters. The number of thioether (sulfide) groups is 1. The monoisotopic (exact) mass is 375 g/mol. The maximum Gasteiger partial charge on any atom is 0.313 e. The first-order valence-electron chi connectivity index (χ1n) is 8.00. The fourth-order valence-corrected chi connectivity index (χ4v) is 2.84. The zero-order valence-electron chi connectivity index (χ0n) is 14.4. The number of ether oxygens (including phenoxy) is 2. The van der Waals surface area contributed by atoms with Gasteiger partial charge in [0.05, 0.1) is 12.4 Å². The summed E-state index contributed by atoms with van der Waals surface area (Å²) in [4.78, 5) is 22.9. The Bertz CT molecular complexity index is 733. The van der Waals surface area contributed by atoms with Crippen molar-refractivity contribution in [2.24, 2.45) is 0 Å². The molecular formula is C19H21NO5S. The zero-order chi connectivity index (χ0) is 18.8. The van der Waals surface area contributed by atoms with Gasteiger partial charge in [-0.05, 0) is 42.0 Å². The van der Waals surface area contributed by atoms with Crippen molar-refractivity contribution in [2.75, 3.05) is 31.4 Å². The molecule has 2 aromatic carbocycles. The van der Waals surface area contributed by atoms with E-state index in [1.165, 1.54) is 11.8 Å². The van der Waals surface area contributed by atoms with E-state index in [2.05, 4.69) is 5.32 Å². The van der Waals surface area contributed by atoms with Crippen LogP contribution in [0.3, 0.4) is 0 Å². The Balaban J connectivity index is 1.91. The molecule has 7 heteroatoms. The maximum atomic E-state index is 12.3. The average molecular weight is 375 g/mol. The van der Waals surface area contributed by atoms with Crippen LogP contribution in [0, 0.1) is 0 Å². The van der Waals surface area contributed by atoms with Gasteiger partial charge in [-0.15, -0.1) is 11.8 Å². The van der Waals surface area contributed by atoms with E-state index >= 15 is 0 Å². The van der Waals surface area contributed by atoms with Crippen molar-refractivity contribution in [2.45, 2.75) is 5.75 Å². The van der Waals surface area contributed by atoms with Crippen molar-refractivity contribution in [1.82, 2.24) is 0 Å². The summed E-state index contributed by atoms with van der Waals surface area (Å²) in [6, 6.07) is 14.2. The van der Waals surface area contributed by atoms with Crippen LogP contribution in [0.5, 0.6) is 5.75 Å². The van der Waals surface area contributed by atoms with Gasteiger partial charge in [0.25, 0.3) is 5.91 Å². The third kappa shape index (κ3) is 6.78. The number of aliphatic carboxylic acids is 1. The molecule has 138 valence electrons. The first-order chi connectivity index (χ1) is 12.6. The van der Waals surface area contributed by atoms with E-state index in [4.69, 9.17) is 14.6 Å². The summed E-state index contributed by atoms with van der Waals surface area (Å²) in [6.45, 7) is 0.956. The fourth-order valence-electron chi connectivity index (χ4n) is 2.14. The summed E-state index contributed by atoms with van der Waals surface area (Å²) in [7, 11) is 1.61. The lowest BCUT2D eigenvalue weighted by atomic mass is 10.2. The molecule has 0 unspecified atom stereocenters. The van der Waals surface area contributed by atoms with E-state index in [0.717, 1.165) is 5.56 Å². The molecule has 2 N–H and O–H groups in total. The quantitative estimate of drug-likeness (QED) is 0.620. The number of amides is 1. The second-order valence-corrected chi connectivity index (χ2v) is 6.39. The topological polar surface area (TPSA) is 84.9 Å². The van der Waals surface area contributed by atoms with Crippen LogP contribution < -0.4 is 10.1 Å². The molecule has 2 aromatic rings. The van der Waals surface area contributed by atoms with Gasteiger partial charge < -0.3 is 19.9 Å². The largest absolute Gasteiger partial charge is 0.491 e. The highest BCUT2D eigenvalue weighted by Gasteiger charge is 2.07. The molecule has 26 heavy (non-hydrogen) atoms. The minimum Gasteiger partial charge on any atom is -0.491 e. The molecule has 0 aliphatic carbocycles. The van der Waals surface area contributed by atoms with Crippen LogP contribution in [0.25, 0.3) is 0 Å². The standard InChI is InChI=1S/C19H21NO5S/c1-24-9-10-25-17-7-5-15(6-8-17)19(23)20-16-4-2-3-14(11-16)12-26-13-18(21)22/h2-8,11H,9-10,12-13H2,1H3,(H,20,23)(H,21,22). The predicted octanol–water partition coefficient (Wildman–Crippen LogP) is 3.28. The first-order valence-corrected chi connectivity index (χ1v) is 9.15. The molecule has 0 aliphatic heterocycles. The van der Waals surface area contributed by atoms with Crippen LogP contribution in [0.15, 0.2) is 48.5 Å². The Hall–Kier alpha value is -2.51. The van der Waals surface area contributed by atoms with E-state index in [0.29, 0.717) is 36.0 Å². The molecule has 2 rings (SSSR count). The highest BCUT2D eigenvalue weighted by atomic mass is 32.2. The summed E-state index contributed by atoms with van der Waals surface area (Å²) >= 11 is 1.31. The van der Waals surface area contributed by atoms with Gasteiger partial charge in [0, 0.05) is 24.1 Å². The van der Waals surface area contributed by atoms with Crippen molar-refractivity contribution in [1.29, 1.82) is 0 Å². The molecule has 0 aromatic heterocycles. The van der Waals surface area contributed by atoms with E-state index < -0.39 is 5.97 Å². The van der Waals surface area contributed by atoms with E-state index in [-0.39, 0.29) is 11.7 Å². The van der Waals surface area contributed by atoms with Gasteiger partial charge in [-0.3, -0.25) is 9.59 Å². The molecular weight excluding hydrogens is 354 g/mol. The van der Waals surface area contributed by atoms with E-state index in [9.17, 15) is 9.59 Å². The molecule has 0 heterocycles. The zero-order valence-corrected chi connectivity index (χ0v) is 15.3. The van der Waals surface area contributed by atoms with Crippen LogP contribution in [-0.4, -0.2) is 43.1 Å². The van der Waals surface area contributed by atoms with Crippen molar-refractivity contribution >= 4 is 29.3 Å². The Morgan fingerprint density at radius 1 is 1.12 bits per heavy atom. The number of nitrogens with one attached hydrogen (secondary N) is 1. The molecule has 0 spiro atoms. The van der Waals surface area contributed by atoms with Crippen LogP contribution in [0.4, 0.5) is 5.69 Å². The number of hydrogen-bond donors (Lipinski definition) is 2. The SMILES string of the molecule is COCCOc1ccc(C(=O)Nc2cccc(CSCC(=O)O)c2)cc1. The molecule has 0 aliphatic rings. The smallest absolute Gasteiger partial charge is 0.313 e. The van der Waals surface area contributed by atoms with E-state index in [1.807, 2.05) is 18.2 Å². The molecule has 6 nitrogen and oxygen atoms in total.